The van der Waals surface area contributed by atoms with Crippen LogP contribution in [-0.4, -0.2) is 4.57 Å². The molecule has 0 aliphatic carbocycles. The lowest BCUT2D eigenvalue weighted by Crippen LogP contribution is -2.11. The Labute approximate surface area is 318 Å². The third-order valence-electron chi connectivity index (χ3n) is 11.0. The topological polar surface area (TPSA) is 21.3 Å². The first-order valence-electron chi connectivity index (χ1n) is 18.8. The summed E-state index contributed by atoms with van der Waals surface area (Å²) in [4.78, 5) is 2.36. The number of fused-ring (bicyclic) bond motifs is 7. The molecule has 0 amide bonds. The van der Waals surface area contributed by atoms with Gasteiger partial charge in [-0.15, -0.1) is 0 Å². The molecule has 0 aliphatic rings. The zero-order chi connectivity index (χ0) is 36.3. The zero-order valence-corrected chi connectivity index (χ0v) is 29.9. The van der Waals surface area contributed by atoms with Crippen molar-refractivity contribution in [1.82, 2.24) is 4.57 Å². The summed E-state index contributed by atoms with van der Waals surface area (Å²) in [5.74, 6) is 0. The van der Waals surface area contributed by atoms with Crippen molar-refractivity contribution in [2.45, 2.75) is 0 Å². The van der Waals surface area contributed by atoms with Crippen molar-refractivity contribution < 1.29 is 4.42 Å². The lowest BCUT2D eigenvalue weighted by atomic mass is 9.95. The summed E-state index contributed by atoms with van der Waals surface area (Å²) in [6, 6.07) is 73.9. The standard InChI is InChI=1S/C52H34N2O/c1-3-14-35(15-4-1)36-26-29-39(30-27-36)54(50-24-13-22-45-44-21-10-12-25-51(44)55-52(45)50)48-33-31-40(41-18-7-8-19-42(41)48)37-28-32-49-46(34-37)43-20-9-11-23-47(43)53(49)38-16-5-2-6-17-38/h1-34H. The van der Waals surface area contributed by atoms with Crippen molar-refractivity contribution in [3.05, 3.63) is 206 Å². The fraction of sp³-hybridized carbons (Fsp3) is 0. The smallest absolute Gasteiger partial charge is 0.159 e. The molecule has 3 heteroatoms. The molecule has 0 atom stereocenters. The molecule has 55 heavy (non-hydrogen) atoms. The second-order valence-electron chi connectivity index (χ2n) is 14.1. The second-order valence-corrected chi connectivity index (χ2v) is 14.1. The minimum Gasteiger partial charge on any atom is -0.454 e. The third kappa shape index (κ3) is 5.05. The van der Waals surface area contributed by atoms with Crippen LogP contribution in [-0.2, 0) is 0 Å². The molecule has 2 aromatic heterocycles. The first-order valence-corrected chi connectivity index (χ1v) is 18.8. The molecule has 0 bridgehead atoms. The summed E-state index contributed by atoms with van der Waals surface area (Å²) >= 11 is 0. The average molecular weight is 703 g/mol. The van der Waals surface area contributed by atoms with Gasteiger partial charge in [-0.1, -0.05) is 146 Å². The molecular weight excluding hydrogens is 669 g/mol. The van der Waals surface area contributed by atoms with E-state index in [1.807, 2.05) is 6.07 Å². The largest absolute Gasteiger partial charge is 0.454 e. The predicted octanol–water partition coefficient (Wildman–Crippen LogP) is 14.6. The van der Waals surface area contributed by atoms with E-state index in [1.165, 1.54) is 49.4 Å². The Hall–Kier alpha value is -7.36. The number of nitrogens with zero attached hydrogens (tertiary/aromatic N) is 2. The number of aromatic nitrogens is 1. The van der Waals surface area contributed by atoms with Crippen molar-refractivity contribution in [2.75, 3.05) is 4.90 Å². The van der Waals surface area contributed by atoms with Crippen LogP contribution in [0, 0.1) is 0 Å². The number of anilines is 3. The van der Waals surface area contributed by atoms with Crippen LogP contribution >= 0.6 is 0 Å². The van der Waals surface area contributed by atoms with Crippen LogP contribution in [0.4, 0.5) is 17.1 Å². The van der Waals surface area contributed by atoms with Crippen molar-refractivity contribution in [3.8, 4) is 27.9 Å². The van der Waals surface area contributed by atoms with Crippen LogP contribution in [0.3, 0.4) is 0 Å². The maximum absolute atomic E-state index is 6.67. The molecule has 0 N–H and O–H groups in total. The molecule has 0 fully saturated rings. The molecule has 0 radical (unpaired) electrons. The van der Waals surface area contributed by atoms with Gasteiger partial charge in [0.25, 0.3) is 0 Å². The Morgan fingerprint density at radius 1 is 0.364 bits per heavy atom. The molecule has 3 nitrogen and oxygen atoms in total. The van der Waals surface area contributed by atoms with Crippen molar-refractivity contribution >= 4 is 71.6 Å². The lowest BCUT2D eigenvalue weighted by molar-refractivity contribution is 0.669. The predicted molar refractivity (Wildman–Crippen MR) is 231 cm³/mol. The number of rotatable bonds is 6. The summed E-state index contributed by atoms with van der Waals surface area (Å²) in [6.07, 6.45) is 0. The fourth-order valence-electron chi connectivity index (χ4n) is 8.48. The van der Waals surface area contributed by atoms with Crippen molar-refractivity contribution in [1.29, 1.82) is 0 Å². The van der Waals surface area contributed by atoms with Gasteiger partial charge in [0.05, 0.1) is 22.4 Å². The summed E-state index contributed by atoms with van der Waals surface area (Å²) in [6.45, 7) is 0. The van der Waals surface area contributed by atoms with E-state index in [2.05, 4.69) is 210 Å². The fourth-order valence-corrected chi connectivity index (χ4v) is 8.48. The van der Waals surface area contributed by atoms with Crippen molar-refractivity contribution in [3.63, 3.8) is 0 Å². The molecule has 0 saturated carbocycles. The molecule has 11 aromatic rings. The Morgan fingerprint density at radius 2 is 0.982 bits per heavy atom. The van der Waals surface area contributed by atoms with Gasteiger partial charge in [0, 0.05) is 38.3 Å². The monoisotopic (exact) mass is 702 g/mol. The van der Waals surface area contributed by atoms with E-state index in [4.69, 9.17) is 4.42 Å². The SMILES string of the molecule is c1ccc(-c2ccc(N(c3ccc(-c4ccc5c(c4)c4ccccc4n5-c4ccccc4)c4ccccc34)c3cccc4c3oc3ccccc34)cc2)cc1. The van der Waals surface area contributed by atoms with E-state index in [0.29, 0.717) is 0 Å². The first kappa shape index (κ1) is 31.2. The minimum atomic E-state index is 0.865. The van der Waals surface area contributed by atoms with Crippen LogP contribution < -0.4 is 4.90 Å². The maximum atomic E-state index is 6.67. The Kier molecular flexibility index (Phi) is 7.17. The Morgan fingerprint density at radius 3 is 1.80 bits per heavy atom. The average Bonchev–Trinajstić information content (AvgIpc) is 3.81. The number of benzene rings is 9. The summed E-state index contributed by atoms with van der Waals surface area (Å²) < 4.78 is 9.04. The number of hydrogen-bond donors (Lipinski definition) is 0. The van der Waals surface area contributed by atoms with Gasteiger partial charge >= 0.3 is 0 Å². The Bertz CT molecular complexity index is 3190. The van der Waals surface area contributed by atoms with Gasteiger partial charge in [-0.2, -0.15) is 0 Å². The van der Waals surface area contributed by atoms with Crippen LogP contribution in [0.25, 0.3) is 82.5 Å². The van der Waals surface area contributed by atoms with Crippen LogP contribution in [0.1, 0.15) is 0 Å². The van der Waals surface area contributed by atoms with Gasteiger partial charge in [-0.3, -0.25) is 0 Å². The highest BCUT2D eigenvalue weighted by Gasteiger charge is 2.22. The quantitative estimate of drug-likeness (QED) is 0.172. The molecule has 11 rings (SSSR count). The van der Waals surface area contributed by atoms with Gasteiger partial charge in [0.15, 0.2) is 5.58 Å². The van der Waals surface area contributed by atoms with E-state index in [0.717, 1.165) is 50.1 Å². The second kappa shape index (κ2) is 12.6. The van der Waals surface area contributed by atoms with Gasteiger partial charge in [-0.25, -0.2) is 0 Å². The highest BCUT2D eigenvalue weighted by Crippen LogP contribution is 2.46. The normalized spacial score (nSPS) is 11.6. The maximum Gasteiger partial charge on any atom is 0.159 e. The Balaban J connectivity index is 1.12. The van der Waals surface area contributed by atoms with Gasteiger partial charge < -0.3 is 13.9 Å². The molecule has 0 spiro atoms. The van der Waals surface area contributed by atoms with Gasteiger partial charge in [-0.05, 0) is 88.3 Å². The molecule has 0 unspecified atom stereocenters. The highest BCUT2D eigenvalue weighted by atomic mass is 16.3. The minimum absolute atomic E-state index is 0.865. The molecule has 9 aromatic carbocycles. The number of hydrogen-bond acceptors (Lipinski definition) is 2. The molecule has 0 saturated heterocycles. The molecule has 258 valence electrons. The van der Waals surface area contributed by atoms with Crippen LogP contribution in [0.5, 0.6) is 0 Å². The zero-order valence-electron chi connectivity index (χ0n) is 29.9. The summed E-state index contributed by atoms with van der Waals surface area (Å²) in [7, 11) is 0. The van der Waals surface area contributed by atoms with E-state index >= 15 is 0 Å². The van der Waals surface area contributed by atoms with E-state index in [1.54, 1.807) is 0 Å². The number of furan rings is 1. The van der Waals surface area contributed by atoms with Crippen LogP contribution in [0.2, 0.25) is 0 Å². The first-order chi connectivity index (χ1) is 27.3. The number of para-hydroxylation sites is 4. The molecule has 0 aliphatic heterocycles. The highest BCUT2D eigenvalue weighted by molar-refractivity contribution is 6.14. The van der Waals surface area contributed by atoms with Crippen molar-refractivity contribution in [2.24, 2.45) is 0 Å². The van der Waals surface area contributed by atoms with Crippen LogP contribution in [0.15, 0.2) is 211 Å². The molecule has 2 heterocycles. The lowest BCUT2D eigenvalue weighted by Gasteiger charge is -2.27. The molecular formula is C52H34N2O. The van der Waals surface area contributed by atoms with E-state index in [9.17, 15) is 0 Å². The van der Waals surface area contributed by atoms with Gasteiger partial charge in [0.1, 0.15) is 5.58 Å². The van der Waals surface area contributed by atoms with E-state index in [-0.39, 0.29) is 0 Å². The van der Waals surface area contributed by atoms with Gasteiger partial charge in [0.2, 0.25) is 0 Å². The summed E-state index contributed by atoms with van der Waals surface area (Å²) in [5.41, 5.74) is 13.2. The van der Waals surface area contributed by atoms with E-state index < -0.39 is 0 Å². The summed E-state index contributed by atoms with van der Waals surface area (Å²) in [5, 5.41) is 7.04. The third-order valence-corrected chi connectivity index (χ3v) is 11.0.